The van der Waals surface area contributed by atoms with Gasteiger partial charge in [-0.1, -0.05) is 6.08 Å². The molecule has 8 nitrogen and oxygen atoms in total. The second kappa shape index (κ2) is 7.26. The number of nitrogens with zero attached hydrogens (tertiary/aromatic N) is 2. The van der Waals surface area contributed by atoms with Gasteiger partial charge >= 0.3 is 6.09 Å². The molecule has 8 heteroatoms. The first-order chi connectivity index (χ1) is 12.0. The largest absolute Gasteiger partial charge is 0.465 e. The smallest absolute Gasteiger partial charge is 0.407 e. The van der Waals surface area contributed by atoms with Crippen LogP contribution in [0.25, 0.3) is 0 Å². The summed E-state index contributed by atoms with van der Waals surface area (Å²) in [6, 6.07) is -0.143. The number of rotatable bonds is 4. The van der Waals surface area contributed by atoms with Crippen LogP contribution in [-0.2, 0) is 9.59 Å². The Kier molecular flexibility index (Phi) is 5.65. The van der Waals surface area contributed by atoms with Gasteiger partial charge in [0.1, 0.15) is 5.54 Å². The molecule has 3 atom stereocenters. The lowest BCUT2D eigenvalue weighted by Gasteiger charge is -2.39. The van der Waals surface area contributed by atoms with Gasteiger partial charge in [-0.25, -0.2) is 4.79 Å². The van der Waals surface area contributed by atoms with Gasteiger partial charge in [0.25, 0.3) is 0 Å². The number of amides is 3. The lowest BCUT2D eigenvalue weighted by molar-refractivity contribution is -0.135. The van der Waals surface area contributed by atoms with E-state index in [1.807, 2.05) is 20.8 Å². The second-order valence-corrected chi connectivity index (χ2v) is 8.25. The first-order valence-electron chi connectivity index (χ1n) is 8.94. The van der Waals surface area contributed by atoms with E-state index in [0.29, 0.717) is 32.6 Å². The maximum atomic E-state index is 13.2. The number of carbonyl (C=O) groups excluding carboxylic acids is 2. The molecule has 3 amide bonds. The van der Waals surface area contributed by atoms with E-state index in [0.717, 1.165) is 0 Å². The van der Waals surface area contributed by atoms with Gasteiger partial charge in [-0.15, -0.1) is 6.58 Å². The Morgan fingerprint density at radius 3 is 2.46 bits per heavy atom. The zero-order valence-electron chi connectivity index (χ0n) is 16.0. The van der Waals surface area contributed by atoms with Gasteiger partial charge in [-0.2, -0.15) is 0 Å². The van der Waals surface area contributed by atoms with Crippen molar-refractivity contribution < 1.29 is 19.5 Å². The number of hydrogen-bond donors (Lipinski definition) is 3. The minimum Gasteiger partial charge on any atom is -0.465 e. The maximum absolute atomic E-state index is 13.2. The Hall–Kier alpha value is -2.09. The number of carboxylic acid groups (broad SMARTS) is 1. The minimum absolute atomic E-state index is 0.143. The quantitative estimate of drug-likeness (QED) is 0.634. The standard InChI is InChI=1S/C18H30N4O4/c1-6-7-13-14-10-21(16(25)26)8-9-22(14)11-18(13,19-12(2)23)15(24)20-17(3,4)5/h6,13-14H,1,7-11H2,2-5H3,(H,19,23)(H,20,24)(H,25,26)/t13?,14-,18?/m1/s1. The molecule has 0 spiro atoms. The van der Waals surface area contributed by atoms with E-state index in [9.17, 15) is 19.5 Å². The molecule has 0 bridgehead atoms. The van der Waals surface area contributed by atoms with Crippen molar-refractivity contribution in [1.82, 2.24) is 20.4 Å². The highest BCUT2D eigenvalue weighted by molar-refractivity contribution is 5.92. The predicted octanol–water partition coefficient (Wildman–Crippen LogP) is 0.646. The summed E-state index contributed by atoms with van der Waals surface area (Å²) >= 11 is 0. The maximum Gasteiger partial charge on any atom is 0.407 e. The van der Waals surface area contributed by atoms with Crippen molar-refractivity contribution in [3.63, 3.8) is 0 Å². The van der Waals surface area contributed by atoms with Crippen LogP contribution in [0.1, 0.15) is 34.1 Å². The van der Waals surface area contributed by atoms with Gasteiger partial charge in [0, 0.05) is 50.6 Å². The molecule has 2 heterocycles. The van der Waals surface area contributed by atoms with Crippen LogP contribution in [0.4, 0.5) is 4.79 Å². The van der Waals surface area contributed by atoms with Crippen LogP contribution in [0.15, 0.2) is 12.7 Å². The number of nitrogens with one attached hydrogen (secondary N) is 2. The van der Waals surface area contributed by atoms with Gasteiger partial charge < -0.3 is 20.6 Å². The molecule has 2 unspecified atom stereocenters. The van der Waals surface area contributed by atoms with Crippen molar-refractivity contribution in [1.29, 1.82) is 0 Å². The summed E-state index contributed by atoms with van der Waals surface area (Å²) in [7, 11) is 0. The minimum atomic E-state index is -1.10. The molecule has 3 N–H and O–H groups in total. The molecule has 2 fully saturated rings. The van der Waals surface area contributed by atoms with Crippen LogP contribution < -0.4 is 10.6 Å². The topological polar surface area (TPSA) is 102 Å². The van der Waals surface area contributed by atoms with Crippen molar-refractivity contribution in [3.05, 3.63) is 12.7 Å². The normalized spacial score (nSPS) is 29.0. The van der Waals surface area contributed by atoms with E-state index < -0.39 is 17.2 Å². The molecule has 2 saturated heterocycles. The molecule has 0 aromatic carbocycles. The van der Waals surface area contributed by atoms with E-state index in [4.69, 9.17) is 0 Å². The molecule has 0 aliphatic carbocycles. The highest BCUT2D eigenvalue weighted by atomic mass is 16.4. The number of fused-ring (bicyclic) bond motifs is 1. The Morgan fingerprint density at radius 1 is 1.31 bits per heavy atom. The predicted molar refractivity (Wildman–Crippen MR) is 97.7 cm³/mol. The average molecular weight is 366 g/mol. The van der Waals surface area contributed by atoms with Crippen molar-refractivity contribution in [2.45, 2.75) is 51.2 Å². The van der Waals surface area contributed by atoms with Crippen LogP contribution in [-0.4, -0.2) is 76.1 Å². The summed E-state index contributed by atoms with van der Waals surface area (Å²) in [5.74, 6) is -0.769. The van der Waals surface area contributed by atoms with Crippen LogP contribution in [0.2, 0.25) is 0 Å². The summed E-state index contributed by atoms with van der Waals surface area (Å²) < 4.78 is 0. The third kappa shape index (κ3) is 4.00. The Bertz CT molecular complexity index is 600. The van der Waals surface area contributed by atoms with Crippen LogP contribution in [0.5, 0.6) is 0 Å². The van der Waals surface area contributed by atoms with Crippen LogP contribution in [0.3, 0.4) is 0 Å². The highest BCUT2D eigenvalue weighted by Crippen LogP contribution is 2.38. The van der Waals surface area contributed by atoms with Gasteiger partial charge in [0.05, 0.1) is 0 Å². The molecule has 2 rings (SSSR count). The number of piperazine rings is 1. The summed E-state index contributed by atoms with van der Waals surface area (Å²) in [4.78, 5) is 40.1. The Labute approximate surface area is 154 Å². The lowest BCUT2D eigenvalue weighted by Crippen LogP contribution is -2.66. The van der Waals surface area contributed by atoms with Crippen molar-refractivity contribution in [2.75, 3.05) is 26.2 Å². The SMILES string of the molecule is C=CCC1[C@H]2CN(C(=O)O)CCN2CC1(NC(C)=O)C(=O)NC(C)(C)C. The first-order valence-corrected chi connectivity index (χ1v) is 8.94. The molecular weight excluding hydrogens is 336 g/mol. The molecule has 0 aromatic heterocycles. The van der Waals surface area contributed by atoms with Gasteiger partial charge in [0.15, 0.2) is 0 Å². The average Bonchev–Trinajstić information content (AvgIpc) is 2.79. The zero-order valence-corrected chi connectivity index (χ0v) is 16.0. The van der Waals surface area contributed by atoms with Crippen LogP contribution in [0, 0.1) is 5.92 Å². The third-order valence-electron chi connectivity index (χ3n) is 5.07. The number of hydrogen-bond acceptors (Lipinski definition) is 4. The Balaban J connectivity index is 2.41. The monoisotopic (exact) mass is 366 g/mol. The Morgan fingerprint density at radius 2 is 1.96 bits per heavy atom. The van der Waals surface area contributed by atoms with E-state index in [-0.39, 0.29) is 23.8 Å². The summed E-state index contributed by atoms with van der Waals surface area (Å²) in [6.45, 7) is 12.5. The van der Waals surface area contributed by atoms with Crippen molar-refractivity contribution in [3.8, 4) is 0 Å². The fourth-order valence-electron chi connectivity index (χ4n) is 4.10. The van der Waals surface area contributed by atoms with Gasteiger partial charge in [-0.05, 0) is 27.2 Å². The van der Waals surface area contributed by atoms with Gasteiger partial charge in [0.2, 0.25) is 11.8 Å². The fraction of sp³-hybridized carbons (Fsp3) is 0.722. The summed E-state index contributed by atoms with van der Waals surface area (Å²) in [6.07, 6.45) is 1.28. The lowest BCUT2D eigenvalue weighted by atomic mass is 9.79. The highest BCUT2D eigenvalue weighted by Gasteiger charge is 2.58. The second-order valence-electron chi connectivity index (χ2n) is 8.25. The van der Waals surface area contributed by atoms with E-state index in [2.05, 4.69) is 22.1 Å². The first kappa shape index (κ1) is 20.2. The van der Waals surface area contributed by atoms with Crippen LogP contribution >= 0.6 is 0 Å². The molecular formula is C18H30N4O4. The molecule has 2 aliphatic rings. The van der Waals surface area contributed by atoms with Crippen molar-refractivity contribution in [2.24, 2.45) is 5.92 Å². The molecule has 0 saturated carbocycles. The molecule has 0 aromatic rings. The summed E-state index contributed by atoms with van der Waals surface area (Å²) in [5.41, 5.74) is -1.55. The number of carbonyl (C=O) groups is 3. The molecule has 146 valence electrons. The zero-order chi connectivity index (χ0) is 19.7. The molecule has 26 heavy (non-hydrogen) atoms. The van der Waals surface area contributed by atoms with E-state index >= 15 is 0 Å². The van der Waals surface area contributed by atoms with Gasteiger partial charge in [-0.3, -0.25) is 14.5 Å². The third-order valence-corrected chi connectivity index (χ3v) is 5.07. The molecule has 0 radical (unpaired) electrons. The molecule has 2 aliphatic heterocycles. The van der Waals surface area contributed by atoms with Crippen molar-refractivity contribution >= 4 is 17.9 Å². The fourth-order valence-corrected chi connectivity index (χ4v) is 4.10. The van der Waals surface area contributed by atoms with E-state index in [1.54, 1.807) is 6.08 Å². The number of allylic oxidation sites excluding steroid dienone is 1. The van der Waals surface area contributed by atoms with E-state index in [1.165, 1.54) is 11.8 Å². The summed E-state index contributed by atoms with van der Waals surface area (Å²) in [5, 5.41) is 15.3.